The minimum atomic E-state index is -0.190. The second kappa shape index (κ2) is 6.59. The van der Waals surface area contributed by atoms with Gasteiger partial charge in [0, 0.05) is 17.6 Å². The molecule has 0 spiro atoms. The summed E-state index contributed by atoms with van der Waals surface area (Å²) in [7, 11) is 0. The molecule has 2 rings (SSSR count). The summed E-state index contributed by atoms with van der Waals surface area (Å²) in [6.45, 7) is 8.85. The van der Waals surface area contributed by atoms with Crippen molar-refractivity contribution in [1.29, 1.82) is 0 Å². The van der Waals surface area contributed by atoms with Crippen molar-refractivity contribution in [2.75, 3.05) is 0 Å². The second-order valence-electron chi connectivity index (χ2n) is 5.75. The van der Waals surface area contributed by atoms with Crippen LogP contribution in [0.25, 0.3) is 11.1 Å². The van der Waals surface area contributed by atoms with Crippen LogP contribution in [-0.4, -0.2) is 6.04 Å². The Morgan fingerprint density at radius 1 is 1.10 bits per heavy atom. The van der Waals surface area contributed by atoms with Gasteiger partial charge in [0.1, 0.15) is 5.82 Å². The molecular weight excluding hydrogens is 285 g/mol. The van der Waals surface area contributed by atoms with E-state index < -0.39 is 0 Å². The zero-order valence-electron chi connectivity index (χ0n) is 12.9. The first kappa shape index (κ1) is 16.0. The summed E-state index contributed by atoms with van der Waals surface area (Å²) in [5, 5.41) is 4.14. The van der Waals surface area contributed by atoms with Crippen molar-refractivity contribution in [1.82, 2.24) is 5.32 Å². The Labute approximate surface area is 131 Å². The smallest absolute Gasteiger partial charge is 0.123 e. The van der Waals surface area contributed by atoms with Gasteiger partial charge in [-0.2, -0.15) is 0 Å². The number of rotatable bonds is 4. The maximum absolute atomic E-state index is 13.5. The van der Waals surface area contributed by atoms with Crippen molar-refractivity contribution in [3.05, 3.63) is 57.9 Å². The molecule has 0 aromatic heterocycles. The van der Waals surface area contributed by atoms with E-state index in [4.69, 9.17) is 11.6 Å². The fraction of sp³-hybridized carbons (Fsp3) is 0.333. The molecule has 0 unspecified atom stereocenters. The quantitative estimate of drug-likeness (QED) is 0.812. The Bertz CT molecular complexity index is 627. The molecule has 0 amide bonds. The van der Waals surface area contributed by atoms with Crippen LogP contribution in [0.4, 0.5) is 4.39 Å². The van der Waals surface area contributed by atoms with E-state index in [0.29, 0.717) is 6.04 Å². The predicted molar refractivity (Wildman–Crippen MR) is 88.3 cm³/mol. The Kier molecular flexibility index (Phi) is 5.02. The summed E-state index contributed by atoms with van der Waals surface area (Å²) in [6, 6.07) is 9.44. The third-order valence-electron chi connectivity index (χ3n) is 3.53. The van der Waals surface area contributed by atoms with Crippen molar-refractivity contribution in [2.24, 2.45) is 0 Å². The zero-order valence-corrected chi connectivity index (χ0v) is 13.7. The van der Waals surface area contributed by atoms with Crippen molar-refractivity contribution >= 4 is 11.6 Å². The summed E-state index contributed by atoms with van der Waals surface area (Å²) >= 11 is 6.14. The first-order valence-corrected chi connectivity index (χ1v) is 7.55. The fourth-order valence-electron chi connectivity index (χ4n) is 2.60. The lowest BCUT2D eigenvalue weighted by Crippen LogP contribution is -2.22. The van der Waals surface area contributed by atoms with Crippen molar-refractivity contribution in [3.8, 4) is 11.1 Å². The van der Waals surface area contributed by atoms with E-state index in [1.807, 2.05) is 32.0 Å². The molecule has 1 N–H and O–H groups in total. The average molecular weight is 306 g/mol. The first-order chi connectivity index (χ1) is 9.88. The molecule has 0 saturated heterocycles. The topological polar surface area (TPSA) is 12.0 Å². The second-order valence-corrected chi connectivity index (χ2v) is 6.19. The normalized spacial score (nSPS) is 11.2. The van der Waals surface area contributed by atoms with Crippen LogP contribution in [0.3, 0.4) is 0 Å². The van der Waals surface area contributed by atoms with Crippen LogP contribution in [0.15, 0.2) is 30.3 Å². The van der Waals surface area contributed by atoms with E-state index in [9.17, 15) is 4.39 Å². The number of benzene rings is 2. The van der Waals surface area contributed by atoms with Crippen LogP contribution < -0.4 is 5.32 Å². The first-order valence-electron chi connectivity index (χ1n) is 7.17. The minimum absolute atomic E-state index is 0.190. The van der Waals surface area contributed by atoms with Crippen molar-refractivity contribution in [3.63, 3.8) is 0 Å². The lowest BCUT2D eigenvalue weighted by molar-refractivity contribution is 0.589. The standard InChI is InChI=1S/C18H21ClFN/c1-11(2)21-10-14-9-15(19)5-6-17(14)18-12(3)7-16(20)8-13(18)4/h5-9,11,21H,10H2,1-4H3. The molecule has 1 nitrogen and oxygen atoms in total. The maximum Gasteiger partial charge on any atom is 0.123 e. The molecule has 112 valence electrons. The molecule has 0 aliphatic heterocycles. The Morgan fingerprint density at radius 2 is 1.71 bits per heavy atom. The Hall–Kier alpha value is -1.38. The van der Waals surface area contributed by atoms with Crippen molar-refractivity contribution in [2.45, 2.75) is 40.3 Å². The van der Waals surface area contributed by atoms with E-state index in [1.165, 1.54) is 0 Å². The van der Waals surface area contributed by atoms with Crippen LogP contribution in [0.1, 0.15) is 30.5 Å². The summed E-state index contributed by atoms with van der Waals surface area (Å²) in [5.74, 6) is -0.190. The molecule has 0 fully saturated rings. The third kappa shape index (κ3) is 3.84. The summed E-state index contributed by atoms with van der Waals surface area (Å²) in [5.41, 5.74) is 5.23. The molecule has 3 heteroatoms. The van der Waals surface area contributed by atoms with Gasteiger partial charge in [0.25, 0.3) is 0 Å². The van der Waals surface area contributed by atoms with E-state index >= 15 is 0 Å². The van der Waals surface area contributed by atoms with Gasteiger partial charge in [-0.15, -0.1) is 0 Å². The van der Waals surface area contributed by atoms with Gasteiger partial charge in [-0.1, -0.05) is 31.5 Å². The zero-order chi connectivity index (χ0) is 15.6. The van der Waals surface area contributed by atoms with Gasteiger partial charge in [0.15, 0.2) is 0 Å². The van der Waals surface area contributed by atoms with Crippen LogP contribution in [0.5, 0.6) is 0 Å². The van der Waals surface area contributed by atoms with E-state index in [1.54, 1.807) is 12.1 Å². The number of hydrogen-bond donors (Lipinski definition) is 1. The number of nitrogens with one attached hydrogen (secondary N) is 1. The Morgan fingerprint density at radius 3 is 2.29 bits per heavy atom. The van der Waals surface area contributed by atoms with Gasteiger partial charge in [-0.3, -0.25) is 0 Å². The Balaban J connectivity index is 2.53. The number of hydrogen-bond acceptors (Lipinski definition) is 1. The van der Waals surface area contributed by atoms with E-state index in [2.05, 4.69) is 19.2 Å². The average Bonchev–Trinajstić information content (AvgIpc) is 2.37. The molecule has 0 saturated carbocycles. The van der Waals surface area contributed by atoms with Gasteiger partial charge >= 0.3 is 0 Å². The van der Waals surface area contributed by atoms with Gasteiger partial charge in [-0.25, -0.2) is 4.39 Å². The minimum Gasteiger partial charge on any atom is -0.310 e. The highest BCUT2D eigenvalue weighted by atomic mass is 35.5. The SMILES string of the molecule is Cc1cc(F)cc(C)c1-c1ccc(Cl)cc1CNC(C)C. The molecule has 0 atom stereocenters. The predicted octanol–water partition coefficient (Wildman–Crippen LogP) is 5.26. The van der Waals surface area contributed by atoms with Gasteiger partial charge in [-0.05, 0) is 65.9 Å². The van der Waals surface area contributed by atoms with Crippen LogP contribution >= 0.6 is 11.6 Å². The molecule has 0 heterocycles. The summed E-state index contributed by atoms with van der Waals surface area (Å²) < 4.78 is 13.5. The molecule has 2 aromatic carbocycles. The molecule has 21 heavy (non-hydrogen) atoms. The monoisotopic (exact) mass is 305 g/mol. The molecule has 0 bridgehead atoms. The highest BCUT2D eigenvalue weighted by Gasteiger charge is 2.12. The molecule has 0 radical (unpaired) electrons. The molecule has 0 aliphatic carbocycles. The van der Waals surface area contributed by atoms with Crippen LogP contribution in [-0.2, 0) is 6.54 Å². The summed E-state index contributed by atoms with van der Waals surface area (Å²) in [6.07, 6.45) is 0. The largest absolute Gasteiger partial charge is 0.310 e. The fourth-order valence-corrected chi connectivity index (χ4v) is 2.80. The highest BCUT2D eigenvalue weighted by molar-refractivity contribution is 6.30. The lowest BCUT2D eigenvalue weighted by atomic mass is 9.92. The number of aryl methyl sites for hydroxylation is 2. The highest BCUT2D eigenvalue weighted by Crippen LogP contribution is 2.32. The van der Waals surface area contributed by atoms with Gasteiger partial charge in [0.2, 0.25) is 0 Å². The molecular formula is C18H21ClFN. The van der Waals surface area contributed by atoms with Crippen LogP contribution in [0.2, 0.25) is 5.02 Å². The third-order valence-corrected chi connectivity index (χ3v) is 3.77. The maximum atomic E-state index is 13.5. The van der Waals surface area contributed by atoms with Crippen molar-refractivity contribution < 1.29 is 4.39 Å². The van der Waals surface area contributed by atoms with E-state index in [-0.39, 0.29) is 5.82 Å². The van der Waals surface area contributed by atoms with E-state index in [0.717, 1.165) is 39.4 Å². The number of halogens is 2. The van der Waals surface area contributed by atoms with Gasteiger partial charge < -0.3 is 5.32 Å². The summed E-state index contributed by atoms with van der Waals surface area (Å²) in [4.78, 5) is 0. The lowest BCUT2D eigenvalue weighted by Gasteiger charge is -2.17. The molecule has 0 aliphatic rings. The van der Waals surface area contributed by atoms with Gasteiger partial charge in [0.05, 0.1) is 0 Å². The van der Waals surface area contributed by atoms with Crippen LogP contribution in [0, 0.1) is 19.7 Å². The molecule has 2 aromatic rings.